The van der Waals surface area contributed by atoms with E-state index in [0.717, 1.165) is 38.4 Å². The van der Waals surface area contributed by atoms with E-state index >= 15 is 0 Å². The lowest BCUT2D eigenvalue weighted by atomic mass is 9.98. The van der Waals surface area contributed by atoms with E-state index in [-0.39, 0.29) is 41.9 Å². The van der Waals surface area contributed by atoms with Gasteiger partial charge in [0.1, 0.15) is 12.3 Å². The predicted octanol–water partition coefficient (Wildman–Crippen LogP) is 2.75. The standard InChI is InChI=1S/C20H33N3O7S/c1-20(2,3)21-13-16(24)14-29-23(31(4,27)28)18-11-10-15(22(25)26)12-19(18)30-17-8-6-5-7-9-17/h10-12,16-17,21,24H,5-9,13-14H2,1-4H3. The van der Waals surface area contributed by atoms with Crippen molar-refractivity contribution in [1.82, 2.24) is 5.32 Å². The number of β-amino-alcohol motifs (C(OH)–C–C–N with tert-alkyl or cyclic N) is 1. The molecule has 1 fully saturated rings. The molecule has 11 heteroatoms. The fourth-order valence-corrected chi connectivity index (χ4v) is 3.97. The van der Waals surface area contributed by atoms with Crippen LogP contribution in [0.1, 0.15) is 52.9 Å². The van der Waals surface area contributed by atoms with Gasteiger partial charge in [-0.05, 0) is 52.5 Å². The van der Waals surface area contributed by atoms with E-state index in [0.29, 0.717) is 4.47 Å². The second-order valence-corrected chi connectivity index (χ2v) is 10.7. The van der Waals surface area contributed by atoms with E-state index < -0.39 is 21.1 Å². The number of non-ortho nitro benzene ring substituents is 1. The maximum Gasteiger partial charge on any atom is 0.273 e. The van der Waals surface area contributed by atoms with Crippen molar-refractivity contribution in [3.8, 4) is 5.75 Å². The number of anilines is 1. The number of nitrogens with one attached hydrogen (secondary N) is 1. The number of rotatable bonds is 10. The summed E-state index contributed by atoms with van der Waals surface area (Å²) in [5.74, 6) is 0.0637. The van der Waals surface area contributed by atoms with Crippen LogP contribution < -0.4 is 14.5 Å². The monoisotopic (exact) mass is 459 g/mol. The van der Waals surface area contributed by atoms with Crippen LogP contribution in [0.3, 0.4) is 0 Å². The van der Waals surface area contributed by atoms with Crippen LogP contribution in [0.25, 0.3) is 0 Å². The maximum atomic E-state index is 12.4. The third-order valence-electron chi connectivity index (χ3n) is 4.75. The highest BCUT2D eigenvalue weighted by Gasteiger charge is 2.28. The minimum atomic E-state index is -3.92. The molecule has 0 spiro atoms. The number of nitro groups is 1. The van der Waals surface area contributed by atoms with E-state index in [1.807, 2.05) is 20.8 Å². The van der Waals surface area contributed by atoms with Crippen LogP contribution in [0.2, 0.25) is 0 Å². The molecular weight excluding hydrogens is 426 g/mol. The summed E-state index contributed by atoms with van der Waals surface area (Å²) in [6, 6.07) is 3.70. The topological polar surface area (TPSA) is 131 Å². The molecule has 0 aliphatic heterocycles. The number of aliphatic hydroxyl groups excluding tert-OH is 1. The quantitative estimate of drug-likeness (QED) is 0.403. The van der Waals surface area contributed by atoms with Gasteiger partial charge in [-0.2, -0.15) is 0 Å². The van der Waals surface area contributed by atoms with Crippen LogP contribution in [-0.2, 0) is 14.9 Å². The number of aliphatic hydroxyl groups is 1. The molecule has 1 aliphatic carbocycles. The molecule has 2 rings (SSSR count). The molecule has 1 aliphatic rings. The molecule has 0 saturated heterocycles. The van der Waals surface area contributed by atoms with Crippen molar-refractivity contribution in [2.24, 2.45) is 0 Å². The second kappa shape index (κ2) is 10.6. The van der Waals surface area contributed by atoms with Gasteiger partial charge < -0.3 is 15.2 Å². The van der Waals surface area contributed by atoms with Crippen molar-refractivity contribution >= 4 is 21.4 Å². The molecule has 1 unspecified atom stereocenters. The first kappa shape index (κ1) is 25.3. The van der Waals surface area contributed by atoms with Crippen molar-refractivity contribution in [2.45, 2.75) is 70.6 Å². The maximum absolute atomic E-state index is 12.4. The van der Waals surface area contributed by atoms with Gasteiger partial charge in [0.15, 0.2) is 5.75 Å². The summed E-state index contributed by atoms with van der Waals surface area (Å²) in [6.07, 6.45) is 4.47. The smallest absolute Gasteiger partial charge is 0.273 e. The zero-order valence-corrected chi connectivity index (χ0v) is 19.4. The van der Waals surface area contributed by atoms with Gasteiger partial charge >= 0.3 is 0 Å². The van der Waals surface area contributed by atoms with Crippen molar-refractivity contribution in [3.05, 3.63) is 28.3 Å². The highest BCUT2D eigenvalue weighted by Crippen LogP contribution is 2.36. The lowest BCUT2D eigenvalue weighted by Crippen LogP contribution is -2.43. The van der Waals surface area contributed by atoms with Crippen LogP contribution in [0.4, 0.5) is 11.4 Å². The SMILES string of the molecule is CC(C)(C)NCC(O)CON(c1ccc([N+](=O)[O-])cc1OC1CCCCC1)S(C)(=O)=O. The summed E-state index contributed by atoms with van der Waals surface area (Å²) >= 11 is 0. The van der Waals surface area contributed by atoms with Crippen molar-refractivity contribution < 1.29 is 28.0 Å². The zero-order valence-electron chi connectivity index (χ0n) is 18.5. The lowest BCUT2D eigenvalue weighted by molar-refractivity contribution is -0.384. The van der Waals surface area contributed by atoms with Crippen molar-refractivity contribution in [3.63, 3.8) is 0 Å². The molecule has 1 saturated carbocycles. The van der Waals surface area contributed by atoms with Crippen LogP contribution in [-0.4, -0.2) is 55.6 Å². The van der Waals surface area contributed by atoms with Gasteiger partial charge in [0.25, 0.3) is 15.7 Å². The van der Waals surface area contributed by atoms with Crippen LogP contribution >= 0.6 is 0 Å². The van der Waals surface area contributed by atoms with Gasteiger partial charge in [-0.25, -0.2) is 8.42 Å². The van der Waals surface area contributed by atoms with Gasteiger partial charge in [-0.15, -0.1) is 4.47 Å². The molecule has 10 nitrogen and oxygen atoms in total. The molecule has 0 radical (unpaired) electrons. The third kappa shape index (κ3) is 8.24. The first-order valence-electron chi connectivity index (χ1n) is 10.4. The number of nitrogens with zero attached hydrogens (tertiary/aromatic N) is 2. The van der Waals surface area contributed by atoms with E-state index in [9.17, 15) is 23.6 Å². The summed E-state index contributed by atoms with van der Waals surface area (Å²) < 4.78 is 31.5. The lowest BCUT2D eigenvalue weighted by Gasteiger charge is -2.28. The number of benzene rings is 1. The van der Waals surface area contributed by atoms with Crippen LogP contribution in [0.5, 0.6) is 5.75 Å². The Morgan fingerprint density at radius 1 is 1.29 bits per heavy atom. The van der Waals surface area contributed by atoms with E-state index in [1.54, 1.807) is 0 Å². The minimum Gasteiger partial charge on any atom is -0.488 e. The number of nitro benzene ring substituents is 1. The second-order valence-electron chi connectivity index (χ2n) is 8.86. The molecule has 0 aromatic heterocycles. The number of hydrogen-bond acceptors (Lipinski definition) is 8. The van der Waals surface area contributed by atoms with Gasteiger partial charge in [0, 0.05) is 18.2 Å². The summed E-state index contributed by atoms with van der Waals surface area (Å²) in [5.41, 5.74) is -0.399. The Morgan fingerprint density at radius 2 is 1.94 bits per heavy atom. The highest BCUT2D eigenvalue weighted by atomic mass is 32.2. The molecule has 2 N–H and O–H groups in total. The Kier molecular flexibility index (Phi) is 8.64. The predicted molar refractivity (Wildman–Crippen MR) is 118 cm³/mol. The zero-order chi connectivity index (χ0) is 23.2. The van der Waals surface area contributed by atoms with E-state index in [4.69, 9.17) is 9.57 Å². The molecule has 0 heterocycles. The molecule has 1 aromatic rings. The first-order valence-corrected chi connectivity index (χ1v) is 12.2. The van der Waals surface area contributed by atoms with Gasteiger partial charge in [0.2, 0.25) is 0 Å². The van der Waals surface area contributed by atoms with Crippen LogP contribution in [0, 0.1) is 10.1 Å². The number of hydrogen-bond donors (Lipinski definition) is 2. The Labute approximate surface area is 183 Å². The molecule has 1 atom stereocenters. The molecule has 176 valence electrons. The Balaban J connectivity index is 2.26. The fourth-order valence-electron chi connectivity index (χ4n) is 3.20. The molecule has 0 amide bonds. The largest absolute Gasteiger partial charge is 0.488 e. The molecule has 1 aromatic carbocycles. The Morgan fingerprint density at radius 3 is 2.48 bits per heavy atom. The average molecular weight is 460 g/mol. The average Bonchev–Trinajstić information content (AvgIpc) is 2.66. The van der Waals surface area contributed by atoms with Gasteiger partial charge in [-0.1, -0.05) is 6.42 Å². The third-order valence-corrected chi connectivity index (χ3v) is 5.65. The van der Waals surface area contributed by atoms with E-state index in [1.165, 1.54) is 18.2 Å². The number of sulfonamides is 1. The summed E-state index contributed by atoms with van der Waals surface area (Å²) in [6.45, 7) is 5.72. The summed E-state index contributed by atoms with van der Waals surface area (Å²) in [4.78, 5) is 16.1. The highest BCUT2D eigenvalue weighted by molar-refractivity contribution is 7.91. The summed E-state index contributed by atoms with van der Waals surface area (Å²) in [7, 11) is -3.92. The fraction of sp³-hybridized carbons (Fsp3) is 0.700. The van der Waals surface area contributed by atoms with Gasteiger partial charge in [0.05, 0.1) is 29.5 Å². The van der Waals surface area contributed by atoms with E-state index in [2.05, 4.69) is 5.32 Å². The molecule has 0 bridgehead atoms. The Hall–Kier alpha value is -1.95. The molecular formula is C20H33N3O7S. The van der Waals surface area contributed by atoms with Gasteiger partial charge in [-0.3, -0.25) is 15.0 Å². The van der Waals surface area contributed by atoms with Crippen LogP contribution in [0.15, 0.2) is 18.2 Å². The Bertz CT molecular complexity index is 849. The minimum absolute atomic E-state index is 0.0367. The molecule has 31 heavy (non-hydrogen) atoms. The normalized spacial score (nSPS) is 16.7. The first-order chi connectivity index (χ1) is 14.4. The summed E-state index contributed by atoms with van der Waals surface area (Å²) in [5, 5.41) is 24.5. The van der Waals surface area contributed by atoms with Crippen molar-refractivity contribution in [2.75, 3.05) is 23.9 Å². The number of ether oxygens (including phenoxy) is 1. The van der Waals surface area contributed by atoms with Crippen molar-refractivity contribution in [1.29, 1.82) is 0 Å².